The molecule has 3 aliphatic rings. The van der Waals surface area contributed by atoms with Gasteiger partial charge in [-0.25, -0.2) is 0 Å². The summed E-state index contributed by atoms with van der Waals surface area (Å²) in [6, 6.07) is -2.82. The maximum absolute atomic E-state index is 13.9. The monoisotopic (exact) mass is 1900 g/mol. The Bertz CT molecular complexity index is 3360. The van der Waals surface area contributed by atoms with E-state index in [0.29, 0.717) is 122 Å². The maximum Gasteiger partial charge on any atom is 0.303 e. The molecule has 44 nitrogen and oxygen atoms in total. The van der Waals surface area contributed by atoms with Gasteiger partial charge in [-0.1, -0.05) is 44.9 Å². The van der Waals surface area contributed by atoms with Gasteiger partial charge in [-0.15, -0.1) is 0 Å². The Labute approximate surface area is 777 Å². The Morgan fingerprint density at radius 2 is 0.511 bits per heavy atom. The first-order valence-electron chi connectivity index (χ1n) is 46.0. The van der Waals surface area contributed by atoms with Crippen LogP contribution in [0.5, 0.6) is 0 Å². The van der Waals surface area contributed by atoms with Crippen molar-refractivity contribution in [3.8, 4) is 0 Å². The quantitative estimate of drug-likeness (QED) is 0.0234. The van der Waals surface area contributed by atoms with Crippen LogP contribution in [0.25, 0.3) is 0 Å². The zero-order valence-corrected chi connectivity index (χ0v) is 79.3. The summed E-state index contributed by atoms with van der Waals surface area (Å²) < 4.78 is 86.0. The van der Waals surface area contributed by atoms with Crippen LogP contribution in [0.1, 0.15) is 250 Å². The number of ether oxygens (including phenoxy) is 15. The van der Waals surface area contributed by atoms with Crippen molar-refractivity contribution < 1.29 is 162 Å². The molecule has 0 saturated carbocycles. The lowest BCUT2D eigenvalue weighted by Crippen LogP contribution is -2.66. The summed E-state index contributed by atoms with van der Waals surface area (Å²) in [6.07, 6.45) is -3.80. The predicted molar refractivity (Wildman–Crippen MR) is 469 cm³/mol. The number of esters is 9. The Kier molecular flexibility index (Phi) is 58.3. The van der Waals surface area contributed by atoms with Crippen LogP contribution in [-0.4, -0.2) is 309 Å². The number of amides is 9. The van der Waals surface area contributed by atoms with Gasteiger partial charge in [0, 0.05) is 179 Å². The number of carbonyl (C=O) groups is 19. The normalized spacial score (nSPS) is 21.7. The molecule has 9 amide bonds. The number of unbranched alkanes of at least 4 members (excludes halogenated alkanes) is 8. The fourth-order valence-electron chi connectivity index (χ4n) is 15.4. The number of hydrogen-bond donors (Lipinski definition) is 10. The molecular formula is C89H146N10O34. The molecule has 0 aromatic rings. The lowest BCUT2D eigenvalue weighted by molar-refractivity contribution is -0.224. The van der Waals surface area contributed by atoms with Gasteiger partial charge in [-0.3, -0.25) is 91.1 Å². The molecule has 0 spiro atoms. The molecule has 133 heavy (non-hydrogen) atoms. The number of hydrogen-bond acceptors (Lipinski definition) is 35. The molecule has 0 aromatic carbocycles. The molecule has 0 radical (unpaired) electrons. The van der Waals surface area contributed by atoms with E-state index in [0.717, 1.165) is 41.5 Å². The van der Waals surface area contributed by atoms with Crippen molar-refractivity contribution >= 4 is 113 Å². The topological polar surface area (TPSA) is 597 Å². The fourth-order valence-corrected chi connectivity index (χ4v) is 15.4. The Balaban J connectivity index is 1.61. The minimum atomic E-state index is -1.22. The van der Waals surface area contributed by atoms with Gasteiger partial charge < -0.3 is 125 Å². The van der Waals surface area contributed by atoms with Crippen LogP contribution >= 0.6 is 0 Å². The van der Waals surface area contributed by atoms with Crippen LogP contribution in [0.3, 0.4) is 0 Å². The summed E-state index contributed by atoms with van der Waals surface area (Å²) in [4.78, 5) is 238. The van der Waals surface area contributed by atoms with Gasteiger partial charge in [-0.05, 0) is 77.2 Å². The molecule has 44 heteroatoms. The number of nitrogens with one attached hydrogen (secondary N) is 9. The largest absolute Gasteiger partial charge is 0.463 e. The van der Waals surface area contributed by atoms with E-state index < -0.39 is 168 Å². The van der Waals surface area contributed by atoms with Crippen molar-refractivity contribution in [3.05, 3.63) is 0 Å². The summed E-state index contributed by atoms with van der Waals surface area (Å²) >= 11 is 0. The molecule has 3 fully saturated rings. The van der Waals surface area contributed by atoms with Gasteiger partial charge in [-0.2, -0.15) is 0 Å². The van der Waals surface area contributed by atoms with Crippen LogP contribution in [0.2, 0.25) is 0 Å². The molecule has 11 N–H and O–H groups in total. The minimum absolute atomic E-state index is 0.101. The lowest BCUT2D eigenvalue weighted by Gasteiger charge is -2.45. The van der Waals surface area contributed by atoms with Crippen LogP contribution in [0.15, 0.2) is 0 Å². The standard InChI is InChI=1S/C89H146N10O34/c1-55(100)97-80-68(131-71(49-122-58(4)103)83(125-61(7)106)86(80)128-64(10)109)29-18-13-21-32-74(113)91-39-25-42-94-77(116)35-45-119-52-89(48-67(112)28-17-16-24-38-90,53-120-46-36-78(117)95-43-26-40-92-75(114)33-22-14-19-30-69-81(98-56(2)101)87(129-65(11)110)84(126-62(8)107)72(132-69)50-123-59(5)104)54-121-47-37-79(118)96-44-27-41-93-76(115)34-23-15-20-31-70-82(99-57(3)102)88(130-66(12)111)85(127-63(9)108)73(133-70)51-124-60(6)105/h68-73,80-88H,13-54,90H2,1-12H3,(H,91,113)(H,92,114)(H,93,115)(H,94,116)(H,95,117)(H,96,118)(H,97,100)(H,98,101)(H,99,102)/t68?,69?,70?,71-,72-,73-,80+,81+,82+,83+,84+,85+,86-,87-,88-,89?/m1/s1. The highest BCUT2D eigenvalue weighted by Gasteiger charge is 2.54. The third-order valence-corrected chi connectivity index (χ3v) is 21.2. The van der Waals surface area contributed by atoms with Crippen molar-refractivity contribution in [1.29, 1.82) is 0 Å². The molecule has 756 valence electrons. The first-order valence-corrected chi connectivity index (χ1v) is 46.0. The predicted octanol–water partition coefficient (Wildman–Crippen LogP) is 1.49. The second-order valence-corrected chi connectivity index (χ2v) is 33.4. The molecule has 3 unspecified atom stereocenters. The minimum Gasteiger partial charge on any atom is -0.463 e. The van der Waals surface area contributed by atoms with E-state index in [9.17, 15) is 91.1 Å². The van der Waals surface area contributed by atoms with Crippen molar-refractivity contribution in [2.45, 2.75) is 341 Å². The average molecular weight is 1900 g/mol. The second kappa shape index (κ2) is 66.3. The first kappa shape index (κ1) is 117. The van der Waals surface area contributed by atoms with Gasteiger partial charge in [0.25, 0.3) is 0 Å². The van der Waals surface area contributed by atoms with E-state index in [1.54, 1.807) is 0 Å². The van der Waals surface area contributed by atoms with Crippen LogP contribution in [0.4, 0.5) is 0 Å². The van der Waals surface area contributed by atoms with E-state index in [-0.39, 0.29) is 191 Å². The Morgan fingerprint density at radius 1 is 0.271 bits per heavy atom. The highest BCUT2D eigenvalue weighted by atomic mass is 16.7. The van der Waals surface area contributed by atoms with E-state index in [1.165, 1.54) is 41.5 Å². The fraction of sp³-hybridized carbons (Fsp3) is 0.787. The van der Waals surface area contributed by atoms with Crippen LogP contribution < -0.4 is 53.6 Å². The van der Waals surface area contributed by atoms with Gasteiger partial charge in [0.2, 0.25) is 53.2 Å². The molecule has 3 rings (SSSR count). The van der Waals surface area contributed by atoms with Crippen LogP contribution in [0, 0.1) is 5.41 Å². The molecule has 0 bridgehead atoms. The molecular weight excluding hydrogens is 1750 g/mol. The average Bonchev–Trinajstić information content (AvgIpc) is 0.793. The van der Waals surface area contributed by atoms with Crippen molar-refractivity contribution in [3.63, 3.8) is 0 Å². The number of Topliss-reactive ketones (excluding diaryl/α,β-unsaturated/α-hetero) is 1. The summed E-state index contributed by atoms with van der Waals surface area (Å²) in [5.41, 5.74) is 4.56. The molecule has 0 aromatic heterocycles. The van der Waals surface area contributed by atoms with E-state index in [1.807, 2.05) is 0 Å². The van der Waals surface area contributed by atoms with E-state index in [4.69, 9.17) is 76.8 Å². The van der Waals surface area contributed by atoms with Crippen molar-refractivity contribution in [1.82, 2.24) is 47.9 Å². The smallest absolute Gasteiger partial charge is 0.303 e. The first-order chi connectivity index (χ1) is 63.2. The van der Waals surface area contributed by atoms with E-state index >= 15 is 0 Å². The number of ketones is 1. The van der Waals surface area contributed by atoms with Gasteiger partial charge in [0.1, 0.15) is 43.9 Å². The van der Waals surface area contributed by atoms with Gasteiger partial charge in [0.15, 0.2) is 36.6 Å². The number of carbonyl (C=O) groups excluding carboxylic acids is 19. The summed E-state index contributed by atoms with van der Waals surface area (Å²) in [6.45, 7) is 14.3. The SMILES string of the molecule is CC(=O)N[C@H]1C(CCCCCC(=O)NCCCNC(=O)CCOCC(COCCC(=O)NCCCNC(=O)CCCCCC2O[C@H](COC(C)=O)[C@H](OC(C)=O)[C@H](OC(C)=O)[C@H]2NC(C)=O)(COCCC(=O)NCCCNC(=O)CCCCCC2O[C@H](COC(C)=O)[C@H](OC(C)=O)[C@H](OC(C)=O)[C@H]2NC(C)=O)CC(=O)CCCCCN)O[C@H](COC(C)=O)[C@H](OC(C)=O)[C@@H]1OC(C)=O. The molecule has 3 heterocycles. The molecule has 3 saturated heterocycles. The van der Waals surface area contributed by atoms with Crippen LogP contribution in [-0.2, 0) is 162 Å². The zero-order chi connectivity index (χ0) is 98.8. The molecule has 3 aliphatic heterocycles. The lowest BCUT2D eigenvalue weighted by atomic mass is 9.84. The zero-order valence-electron chi connectivity index (χ0n) is 79.3. The highest BCUT2D eigenvalue weighted by Crippen LogP contribution is 2.35. The van der Waals surface area contributed by atoms with Gasteiger partial charge >= 0.3 is 53.7 Å². The van der Waals surface area contributed by atoms with E-state index in [2.05, 4.69) is 47.9 Å². The third-order valence-electron chi connectivity index (χ3n) is 21.2. The Hall–Kier alpha value is -10.1. The maximum atomic E-state index is 13.9. The van der Waals surface area contributed by atoms with Gasteiger partial charge in [0.05, 0.1) is 76.1 Å². The molecule has 15 atom stereocenters. The second-order valence-electron chi connectivity index (χ2n) is 33.4. The number of rotatable bonds is 67. The summed E-state index contributed by atoms with van der Waals surface area (Å²) in [7, 11) is 0. The van der Waals surface area contributed by atoms with Crippen molar-refractivity contribution in [2.24, 2.45) is 11.1 Å². The number of nitrogens with two attached hydrogens (primary N) is 1. The molecule has 0 aliphatic carbocycles. The highest BCUT2D eigenvalue weighted by molar-refractivity contribution is 5.81. The Morgan fingerprint density at radius 3 is 0.752 bits per heavy atom. The summed E-state index contributed by atoms with van der Waals surface area (Å²) in [5, 5.41) is 25.2. The summed E-state index contributed by atoms with van der Waals surface area (Å²) in [5.74, 6) is -9.53. The van der Waals surface area contributed by atoms with Crippen molar-refractivity contribution in [2.75, 3.05) is 105 Å². The third kappa shape index (κ3) is 51.8.